The number of aromatic nitrogens is 2. The summed E-state index contributed by atoms with van der Waals surface area (Å²) in [5.41, 5.74) is 11.8. The Morgan fingerprint density at radius 3 is 2.57 bits per heavy atom. The van der Waals surface area contributed by atoms with E-state index in [1.165, 1.54) is 0 Å². The van der Waals surface area contributed by atoms with E-state index in [0.717, 1.165) is 37.1 Å². The number of nitrogens with two attached hydrogens (primary N) is 2. The fraction of sp³-hybridized carbons (Fsp3) is 0.286. The van der Waals surface area contributed by atoms with Gasteiger partial charge in [0.25, 0.3) is 0 Å². The van der Waals surface area contributed by atoms with Crippen LogP contribution in [0.3, 0.4) is 0 Å². The molecule has 0 saturated carbocycles. The maximum atomic E-state index is 5.49. The molecule has 1 saturated heterocycles. The van der Waals surface area contributed by atoms with E-state index in [1.54, 1.807) is 0 Å². The first kappa shape index (κ1) is 15.0. The van der Waals surface area contributed by atoms with Crippen molar-refractivity contribution in [2.75, 3.05) is 31.1 Å². The zero-order chi connectivity index (χ0) is 13.9. The first-order valence-corrected chi connectivity index (χ1v) is 6.56. The van der Waals surface area contributed by atoms with Crippen molar-refractivity contribution < 1.29 is 0 Å². The first-order valence-electron chi connectivity index (χ1n) is 6.56. The molecule has 3 rings (SSSR count). The van der Waals surface area contributed by atoms with Crippen molar-refractivity contribution in [1.29, 1.82) is 0 Å². The van der Waals surface area contributed by atoms with Gasteiger partial charge in [0.15, 0.2) is 11.8 Å². The van der Waals surface area contributed by atoms with E-state index in [9.17, 15) is 0 Å². The fourth-order valence-electron chi connectivity index (χ4n) is 2.26. The van der Waals surface area contributed by atoms with Gasteiger partial charge in [0, 0.05) is 39.0 Å². The van der Waals surface area contributed by atoms with Crippen LogP contribution in [0.5, 0.6) is 0 Å². The van der Waals surface area contributed by atoms with Crippen LogP contribution in [-0.4, -0.2) is 42.1 Å². The molecule has 1 aromatic carbocycles. The van der Waals surface area contributed by atoms with Gasteiger partial charge in [0.2, 0.25) is 5.95 Å². The smallest absolute Gasteiger partial charge is 0.228 e. The highest BCUT2D eigenvalue weighted by molar-refractivity contribution is 5.92. The third kappa shape index (κ3) is 3.19. The molecule has 4 radical (unpaired) electrons. The van der Waals surface area contributed by atoms with E-state index in [4.69, 9.17) is 11.5 Å². The lowest BCUT2D eigenvalue weighted by atomic mass is 10.2. The predicted molar refractivity (Wildman–Crippen MR) is 83.3 cm³/mol. The van der Waals surface area contributed by atoms with Gasteiger partial charge in [0.05, 0.1) is 5.52 Å². The number of hydrogen-bond donors (Lipinski definition) is 3. The number of para-hydroxylation sites is 1. The second kappa shape index (κ2) is 6.36. The van der Waals surface area contributed by atoms with Crippen LogP contribution in [-0.2, 0) is 0 Å². The number of nitrogens with one attached hydrogen (secondary N) is 1. The quantitative estimate of drug-likeness (QED) is 0.530. The molecule has 1 aliphatic heterocycles. The second-order valence-corrected chi connectivity index (χ2v) is 4.64. The standard InChI is InChI=1S/C13H17N7.C/c14-12(15)18-11-9-3-1-2-4-10(9)17-13(19-11)20-7-5-16-6-8-20;/h1-4,16H,5-8H2,(H4,14,15,17,18,19);. The molecule has 1 aliphatic rings. The Morgan fingerprint density at radius 2 is 1.86 bits per heavy atom. The summed E-state index contributed by atoms with van der Waals surface area (Å²) >= 11 is 0. The van der Waals surface area contributed by atoms with Crippen LogP contribution >= 0.6 is 0 Å². The van der Waals surface area contributed by atoms with Gasteiger partial charge in [0.1, 0.15) is 0 Å². The molecule has 21 heavy (non-hydrogen) atoms. The van der Waals surface area contributed by atoms with E-state index in [-0.39, 0.29) is 13.4 Å². The SMILES string of the molecule is NC(N)=Nc1nc(N2CCNCC2)nc2ccccc12.[C]. The molecular weight excluding hydrogens is 266 g/mol. The molecular formula is C14H17N7. The highest BCUT2D eigenvalue weighted by atomic mass is 15.3. The molecule has 7 nitrogen and oxygen atoms in total. The maximum absolute atomic E-state index is 5.49. The molecule has 7 heteroatoms. The average molecular weight is 283 g/mol. The summed E-state index contributed by atoms with van der Waals surface area (Å²) in [6.07, 6.45) is 0. The average Bonchev–Trinajstić information content (AvgIpc) is 2.47. The molecule has 0 aliphatic carbocycles. The second-order valence-electron chi connectivity index (χ2n) is 4.64. The zero-order valence-electron chi connectivity index (χ0n) is 11.6. The fourth-order valence-corrected chi connectivity index (χ4v) is 2.26. The Hall–Kier alpha value is -2.41. The van der Waals surface area contributed by atoms with E-state index in [2.05, 4.69) is 25.2 Å². The van der Waals surface area contributed by atoms with E-state index in [1.807, 2.05) is 24.3 Å². The topological polar surface area (TPSA) is 105 Å². The molecule has 1 aromatic heterocycles. The Balaban J connectivity index is 0.00000161. The van der Waals surface area contributed by atoms with E-state index < -0.39 is 0 Å². The number of rotatable bonds is 2. The van der Waals surface area contributed by atoms with Gasteiger partial charge in [-0.3, -0.25) is 0 Å². The summed E-state index contributed by atoms with van der Waals surface area (Å²) < 4.78 is 0. The van der Waals surface area contributed by atoms with Crippen LogP contribution < -0.4 is 21.7 Å². The van der Waals surface area contributed by atoms with Crippen LogP contribution in [0.4, 0.5) is 11.8 Å². The lowest BCUT2D eigenvalue weighted by Crippen LogP contribution is -2.44. The number of guanidine groups is 1. The van der Waals surface area contributed by atoms with Gasteiger partial charge >= 0.3 is 0 Å². The molecule has 0 atom stereocenters. The highest BCUT2D eigenvalue weighted by Gasteiger charge is 2.15. The van der Waals surface area contributed by atoms with Crippen molar-refractivity contribution in [2.45, 2.75) is 0 Å². The third-order valence-corrected chi connectivity index (χ3v) is 3.21. The van der Waals surface area contributed by atoms with Crippen LogP contribution in [0, 0.1) is 7.43 Å². The number of anilines is 1. The largest absolute Gasteiger partial charge is 0.370 e. The van der Waals surface area contributed by atoms with Crippen LogP contribution in [0.1, 0.15) is 0 Å². The predicted octanol–water partition coefficient (Wildman–Crippen LogP) is 0.0256. The van der Waals surface area contributed by atoms with Crippen molar-refractivity contribution in [3.05, 3.63) is 31.7 Å². The van der Waals surface area contributed by atoms with E-state index >= 15 is 0 Å². The van der Waals surface area contributed by atoms with Gasteiger partial charge < -0.3 is 21.7 Å². The molecule has 0 spiro atoms. The van der Waals surface area contributed by atoms with Crippen molar-refractivity contribution in [1.82, 2.24) is 15.3 Å². The first-order chi connectivity index (χ1) is 9.74. The lowest BCUT2D eigenvalue weighted by Gasteiger charge is -2.27. The third-order valence-electron chi connectivity index (χ3n) is 3.21. The van der Waals surface area contributed by atoms with Crippen LogP contribution in [0.25, 0.3) is 10.9 Å². The zero-order valence-corrected chi connectivity index (χ0v) is 11.6. The number of piperazine rings is 1. The van der Waals surface area contributed by atoms with Gasteiger partial charge in [-0.15, -0.1) is 0 Å². The van der Waals surface area contributed by atoms with Gasteiger partial charge in [-0.1, -0.05) is 12.1 Å². The Labute approximate surface area is 124 Å². The minimum absolute atomic E-state index is 0. The van der Waals surface area contributed by atoms with Gasteiger partial charge in [-0.2, -0.15) is 9.98 Å². The van der Waals surface area contributed by atoms with Crippen molar-refractivity contribution in [2.24, 2.45) is 16.5 Å². The molecule has 0 bridgehead atoms. The maximum Gasteiger partial charge on any atom is 0.228 e. The molecule has 0 amide bonds. The molecule has 1 fully saturated rings. The van der Waals surface area contributed by atoms with E-state index in [0.29, 0.717) is 11.8 Å². The van der Waals surface area contributed by atoms with Crippen molar-refractivity contribution in [3.63, 3.8) is 0 Å². The molecule has 0 unspecified atom stereocenters. The molecule has 2 aromatic rings. The monoisotopic (exact) mass is 283 g/mol. The molecule has 5 N–H and O–H groups in total. The number of fused-ring (bicyclic) bond motifs is 1. The molecule has 2 heterocycles. The summed E-state index contributed by atoms with van der Waals surface area (Å²) in [4.78, 5) is 15.4. The summed E-state index contributed by atoms with van der Waals surface area (Å²) in [6, 6.07) is 7.71. The minimum atomic E-state index is 0. The van der Waals surface area contributed by atoms with Crippen molar-refractivity contribution >= 4 is 28.6 Å². The summed E-state index contributed by atoms with van der Waals surface area (Å²) in [7, 11) is 0. The van der Waals surface area contributed by atoms with Crippen LogP contribution in [0.2, 0.25) is 0 Å². The number of hydrogen-bond acceptors (Lipinski definition) is 5. The number of aliphatic imine (C=N–C) groups is 1. The lowest BCUT2D eigenvalue weighted by molar-refractivity contribution is 0.580. The van der Waals surface area contributed by atoms with Gasteiger partial charge in [-0.05, 0) is 12.1 Å². The Bertz CT molecular complexity index is 643. The number of benzene rings is 1. The van der Waals surface area contributed by atoms with Crippen LogP contribution in [0.15, 0.2) is 29.3 Å². The Kier molecular flexibility index (Phi) is 4.54. The van der Waals surface area contributed by atoms with Gasteiger partial charge in [-0.25, -0.2) is 4.98 Å². The Morgan fingerprint density at radius 1 is 1.14 bits per heavy atom. The summed E-state index contributed by atoms with van der Waals surface area (Å²) in [6.45, 7) is 3.60. The minimum Gasteiger partial charge on any atom is -0.370 e. The summed E-state index contributed by atoms with van der Waals surface area (Å²) in [5.74, 6) is 1.19. The number of nitrogens with zero attached hydrogens (tertiary/aromatic N) is 4. The van der Waals surface area contributed by atoms with Crippen molar-refractivity contribution in [3.8, 4) is 0 Å². The summed E-state index contributed by atoms with van der Waals surface area (Å²) in [5, 5.41) is 4.15. The normalized spacial score (nSPS) is 14.6. The molecule has 108 valence electrons. The highest BCUT2D eigenvalue weighted by Crippen LogP contribution is 2.25.